The Kier molecular flexibility index (Phi) is 5.72. The van der Waals surface area contributed by atoms with E-state index in [1.54, 1.807) is 12.3 Å². The van der Waals surface area contributed by atoms with E-state index in [2.05, 4.69) is 9.88 Å². The largest absolute Gasteiger partial charge is 0.476 e. The highest BCUT2D eigenvalue weighted by Gasteiger charge is 2.47. The summed E-state index contributed by atoms with van der Waals surface area (Å²) in [6, 6.07) is 2.96. The molecule has 3 aliphatic heterocycles. The molecule has 0 bridgehead atoms. The van der Waals surface area contributed by atoms with Crippen molar-refractivity contribution < 1.29 is 18.6 Å². The number of nitrogens with zero attached hydrogens (tertiary/aromatic N) is 2. The van der Waals surface area contributed by atoms with Crippen molar-refractivity contribution in [3.63, 3.8) is 0 Å². The lowest BCUT2D eigenvalue weighted by molar-refractivity contribution is -0.183. The van der Waals surface area contributed by atoms with Gasteiger partial charge in [-0.2, -0.15) is 0 Å². The molecule has 144 valence electrons. The Morgan fingerprint density at radius 3 is 2.81 bits per heavy atom. The first-order valence-corrected chi connectivity index (χ1v) is 9.90. The van der Waals surface area contributed by atoms with E-state index in [1.165, 1.54) is 25.5 Å². The molecule has 3 aliphatic rings. The van der Waals surface area contributed by atoms with Crippen molar-refractivity contribution in [2.45, 2.75) is 37.7 Å². The van der Waals surface area contributed by atoms with Crippen LogP contribution in [0.25, 0.3) is 0 Å². The number of rotatable bonds is 6. The second-order valence-corrected chi connectivity index (χ2v) is 8.04. The average Bonchev–Trinajstić information content (AvgIpc) is 2.63. The van der Waals surface area contributed by atoms with Gasteiger partial charge in [-0.3, -0.25) is 4.90 Å². The van der Waals surface area contributed by atoms with Gasteiger partial charge >= 0.3 is 0 Å². The summed E-state index contributed by atoms with van der Waals surface area (Å²) in [7, 11) is 0. The van der Waals surface area contributed by atoms with E-state index in [0.29, 0.717) is 12.5 Å². The van der Waals surface area contributed by atoms with Crippen LogP contribution in [-0.4, -0.2) is 61.5 Å². The molecule has 0 amide bonds. The van der Waals surface area contributed by atoms with E-state index in [4.69, 9.17) is 14.2 Å². The Balaban J connectivity index is 1.19. The van der Waals surface area contributed by atoms with Crippen LogP contribution in [0.3, 0.4) is 0 Å². The van der Waals surface area contributed by atoms with Crippen LogP contribution in [0, 0.1) is 17.7 Å². The quantitative estimate of drug-likeness (QED) is 0.777. The first-order chi connectivity index (χ1) is 12.7. The zero-order valence-electron chi connectivity index (χ0n) is 15.4. The van der Waals surface area contributed by atoms with Crippen LogP contribution in [-0.2, 0) is 9.47 Å². The lowest BCUT2D eigenvalue weighted by Gasteiger charge is -2.54. The Morgan fingerprint density at radius 1 is 1.19 bits per heavy atom. The molecule has 1 unspecified atom stereocenters. The summed E-state index contributed by atoms with van der Waals surface area (Å²) in [4.78, 5) is 6.48. The maximum atomic E-state index is 13.6. The molecule has 3 fully saturated rings. The summed E-state index contributed by atoms with van der Waals surface area (Å²) >= 11 is 0. The maximum Gasteiger partial charge on any atom is 0.250 e. The van der Waals surface area contributed by atoms with E-state index >= 15 is 0 Å². The minimum Gasteiger partial charge on any atom is -0.476 e. The smallest absolute Gasteiger partial charge is 0.250 e. The Labute approximate surface area is 154 Å². The Morgan fingerprint density at radius 2 is 2.00 bits per heavy atom. The summed E-state index contributed by atoms with van der Waals surface area (Å²) in [5.74, 6) is 1.09. The third-order valence-electron chi connectivity index (χ3n) is 5.97. The molecule has 26 heavy (non-hydrogen) atoms. The van der Waals surface area contributed by atoms with Crippen LogP contribution in [0.15, 0.2) is 18.3 Å². The third kappa shape index (κ3) is 4.35. The molecule has 0 aromatic carbocycles. The highest BCUT2D eigenvalue weighted by molar-refractivity contribution is 5.12. The van der Waals surface area contributed by atoms with Gasteiger partial charge in [0.05, 0.1) is 12.2 Å². The van der Waals surface area contributed by atoms with E-state index in [1.807, 2.05) is 0 Å². The summed E-state index contributed by atoms with van der Waals surface area (Å²) in [6.07, 6.45) is 7.02. The van der Waals surface area contributed by atoms with Gasteiger partial charge in [-0.1, -0.05) is 0 Å². The lowest BCUT2D eigenvalue weighted by atomic mass is 9.79. The fourth-order valence-electron chi connectivity index (χ4n) is 4.59. The number of ether oxygens (including phenoxy) is 3. The number of hydrogen-bond acceptors (Lipinski definition) is 5. The highest BCUT2D eigenvalue weighted by Crippen LogP contribution is 2.38. The molecule has 6 heteroatoms. The van der Waals surface area contributed by atoms with Gasteiger partial charge in [-0.05, 0) is 56.1 Å². The molecule has 0 aliphatic carbocycles. The predicted octanol–water partition coefficient (Wildman–Crippen LogP) is 2.90. The van der Waals surface area contributed by atoms with Crippen molar-refractivity contribution in [3.05, 3.63) is 24.1 Å². The van der Waals surface area contributed by atoms with Crippen molar-refractivity contribution in [3.8, 4) is 5.88 Å². The standard InChI is InChI=1S/C20H29FN2O3/c21-18-2-1-7-22-19(18)25-10-5-16-6-11-26-20(12-16)14-23(15-20)13-17-3-8-24-9-4-17/h1-2,7,16-17H,3-6,8-15H2. The van der Waals surface area contributed by atoms with Gasteiger partial charge in [0, 0.05) is 45.7 Å². The van der Waals surface area contributed by atoms with E-state index < -0.39 is 5.82 Å². The summed E-state index contributed by atoms with van der Waals surface area (Å²) in [5, 5.41) is 0. The summed E-state index contributed by atoms with van der Waals surface area (Å²) in [5.41, 5.74) is 0.0460. The van der Waals surface area contributed by atoms with Crippen LogP contribution in [0.2, 0.25) is 0 Å². The van der Waals surface area contributed by atoms with Crippen molar-refractivity contribution in [1.29, 1.82) is 0 Å². The van der Waals surface area contributed by atoms with Gasteiger partial charge in [-0.25, -0.2) is 9.37 Å². The fraction of sp³-hybridized carbons (Fsp3) is 0.750. The van der Waals surface area contributed by atoms with Gasteiger partial charge in [0.2, 0.25) is 5.88 Å². The van der Waals surface area contributed by atoms with Crippen LogP contribution in [0.4, 0.5) is 4.39 Å². The topological polar surface area (TPSA) is 43.8 Å². The van der Waals surface area contributed by atoms with E-state index in [9.17, 15) is 4.39 Å². The van der Waals surface area contributed by atoms with Gasteiger partial charge < -0.3 is 14.2 Å². The molecule has 5 nitrogen and oxygen atoms in total. The third-order valence-corrected chi connectivity index (χ3v) is 5.97. The zero-order chi connectivity index (χ0) is 17.8. The molecule has 0 radical (unpaired) electrons. The molecule has 0 saturated carbocycles. The molecule has 1 atom stereocenters. The second-order valence-electron chi connectivity index (χ2n) is 8.04. The second kappa shape index (κ2) is 8.19. The predicted molar refractivity (Wildman–Crippen MR) is 95.7 cm³/mol. The van der Waals surface area contributed by atoms with E-state index in [0.717, 1.165) is 58.1 Å². The van der Waals surface area contributed by atoms with Crippen LogP contribution < -0.4 is 4.74 Å². The van der Waals surface area contributed by atoms with Crippen LogP contribution in [0.1, 0.15) is 32.1 Å². The first kappa shape index (κ1) is 18.1. The summed E-state index contributed by atoms with van der Waals surface area (Å²) in [6.45, 7) is 6.46. The Bertz CT molecular complexity index is 588. The Hall–Kier alpha value is -1.24. The molecule has 1 spiro atoms. The molecule has 4 heterocycles. The van der Waals surface area contributed by atoms with Crippen LogP contribution >= 0.6 is 0 Å². The normalized spacial score (nSPS) is 26.6. The number of aromatic nitrogens is 1. The van der Waals surface area contributed by atoms with Gasteiger partial charge in [-0.15, -0.1) is 0 Å². The van der Waals surface area contributed by atoms with Gasteiger partial charge in [0.1, 0.15) is 0 Å². The lowest BCUT2D eigenvalue weighted by Crippen LogP contribution is -2.65. The van der Waals surface area contributed by atoms with Crippen molar-refractivity contribution in [2.24, 2.45) is 11.8 Å². The number of hydrogen-bond donors (Lipinski definition) is 0. The van der Waals surface area contributed by atoms with Crippen molar-refractivity contribution in [1.82, 2.24) is 9.88 Å². The van der Waals surface area contributed by atoms with Crippen LogP contribution in [0.5, 0.6) is 5.88 Å². The zero-order valence-corrected chi connectivity index (χ0v) is 15.4. The monoisotopic (exact) mass is 364 g/mol. The minimum atomic E-state index is -0.390. The fourth-order valence-corrected chi connectivity index (χ4v) is 4.59. The molecule has 4 rings (SSSR count). The molecule has 1 aromatic rings. The molecule has 0 N–H and O–H groups in total. The number of halogens is 1. The van der Waals surface area contributed by atoms with Crippen molar-refractivity contribution in [2.75, 3.05) is 46.1 Å². The average molecular weight is 364 g/mol. The van der Waals surface area contributed by atoms with E-state index in [-0.39, 0.29) is 11.5 Å². The molecular weight excluding hydrogens is 335 g/mol. The number of likely N-dealkylation sites (tertiary alicyclic amines) is 1. The molecule has 3 saturated heterocycles. The maximum absolute atomic E-state index is 13.6. The molecule has 1 aromatic heterocycles. The highest BCUT2D eigenvalue weighted by atomic mass is 19.1. The number of pyridine rings is 1. The van der Waals surface area contributed by atoms with Gasteiger partial charge in [0.15, 0.2) is 5.82 Å². The first-order valence-electron chi connectivity index (χ1n) is 9.90. The van der Waals surface area contributed by atoms with Gasteiger partial charge in [0.25, 0.3) is 0 Å². The molecular formula is C20H29FN2O3. The SMILES string of the molecule is Fc1cccnc1OCCC1CCOC2(C1)CN(CC1CCOCC1)C2. The minimum absolute atomic E-state index is 0.0460. The van der Waals surface area contributed by atoms with Crippen molar-refractivity contribution >= 4 is 0 Å². The summed E-state index contributed by atoms with van der Waals surface area (Å²) < 4.78 is 30.7.